The second-order valence-corrected chi connectivity index (χ2v) is 7.47. The van der Waals surface area contributed by atoms with Gasteiger partial charge in [-0.05, 0) is 59.6 Å². The molecule has 0 saturated heterocycles. The number of nitriles is 1. The first-order valence-corrected chi connectivity index (χ1v) is 9.62. The van der Waals surface area contributed by atoms with E-state index >= 15 is 0 Å². The summed E-state index contributed by atoms with van der Waals surface area (Å²) in [6.07, 6.45) is 0. The van der Waals surface area contributed by atoms with Gasteiger partial charge in [-0.15, -0.1) is 0 Å². The van der Waals surface area contributed by atoms with Crippen LogP contribution in [0.1, 0.15) is 33.0 Å². The average Bonchev–Trinajstić information content (AvgIpc) is 3.02. The van der Waals surface area contributed by atoms with Crippen molar-refractivity contribution in [3.05, 3.63) is 74.0 Å². The van der Waals surface area contributed by atoms with Crippen molar-refractivity contribution in [3.63, 3.8) is 0 Å². The van der Waals surface area contributed by atoms with E-state index in [9.17, 15) is 9.18 Å². The van der Waals surface area contributed by atoms with Gasteiger partial charge in [0.25, 0.3) is 5.91 Å². The highest BCUT2D eigenvalue weighted by molar-refractivity contribution is 9.10. The molecule has 0 saturated carbocycles. The minimum atomic E-state index is -0.699. The van der Waals surface area contributed by atoms with Crippen LogP contribution in [0.4, 0.5) is 4.39 Å². The van der Waals surface area contributed by atoms with Gasteiger partial charge in [0, 0.05) is 12.1 Å². The minimum Gasteiger partial charge on any atom is -0.453 e. The van der Waals surface area contributed by atoms with Crippen LogP contribution >= 0.6 is 27.5 Å². The molecule has 0 spiro atoms. The summed E-state index contributed by atoms with van der Waals surface area (Å²) in [7, 11) is 0. The van der Waals surface area contributed by atoms with E-state index in [1.54, 1.807) is 26.0 Å². The molecule has 0 aliphatic carbocycles. The van der Waals surface area contributed by atoms with Gasteiger partial charge in [-0.3, -0.25) is 4.79 Å². The summed E-state index contributed by atoms with van der Waals surface area (Å²) in [5.41, 5.74) is 1.55. The van der Waals surface area contributed by atoms with E-state index in [-0.39, 0.29) is 28.6 Å². The highest BCUT2D eigenvalue weighted by atomic mass is 79.9. The molecular weight excluding hydrogens is 463 g/mol. The molecular formula is C20H15BrClFN4O2. The average molecular weight is 478 g/mol. The smallest absolute Gasteiger partial charge is 0.272 e. The number of carbonyl (C=O) groups is 1. The molecule has 2 N–H and O–H groups in total. The predicted octanol–water partition coefficient (Wildman–Crippen LogP) is 5.18. The van der Waals surface area contributed by atoms with Crippen molar-refractivity contribution in [2.75, 3.05) is 0 Å². The lowest BCUT2D eigenvalue weighted by atomic mass is 10.1. The highest BCUT2D eigenvalue weighted by Crippen LogP contribution is 2.34. The van der Waals surface area contributed by atoms with E-state index in [1.165, 1.54) is 18.2 Å². The summed E-state index contributed by atoms with van der Waals surface area (Å²) in [6.45, 7) is 3.42. The molecule has 0 bridgehead atoms. The summed E-state index contributed by atoms with van der Waals surface area (Å²) >= 11 is 9.33. The molecule has 0 unspecified atom stereocenters. The number of hydrogen-bond acceptors (Lipinski definition) is 4. The minimum absolute atomic E-state index is 0.0725. The van der Waals surface area contributed by atoms with Crippen molar-refractivity contribution in [2.24, 2.45) is 0 Å². The topological polar surface area (TPSA) is 90.8 Å². The quantitative estimate of drug-likeness (QED) is 0.530. The summed E-state index contributed by atoms with van der Waals surface area (Å²) < 4.78 is 21.0. The van der Waals surface area contributed by atoms with E-state index in [4.69, 9.17) is 21.6 Å². The third kappa shape index (κ3) is 4.75. The normalized spacial score (nSPS) is 10.5. The lowest BCUT2D eigenvalue weighted by Crippen LogP contribution is -2.24. The number of benzene rings is 2. The fraction of sp³-hybridized carbons (Fsp3) is 0.150. The number of ether oxygens (including phenoxy) is 1. The van der Waals surface area contributed by atoms with Gasteiger partial charge in [0.2, 0.25) is 0 Å². The molecule has 0 aliphatic rings. The van der Waals surface area contributed by atoms with Gasteiger partial charge in [0.1, 0.15) is 16.2 Å². The van der Waals surface area contributed by atoms with Crippen molar-refractivity contribution >= 4 is 33.4 Å². The Morgan fingerprint density at radius 1 is 1.38 bits per heavy atom. The maximum atomic E-state index is 15.0. The van der Waals surface area contributed by atoms with Crippen LogP contribution in [0.2, 0.25) is 5.02 Å². The first-order valence-electron chi connectivity index (χ1n) is 8.45. The Morgan fingerprint density at radius 3 is 2.79 bits per heavy atom. The van der Waals surface area contributed by atoms with Crippen molar-refractivity contribution < 1.29 is 13.9 Å². The second-order valence-electron chi connectivity index (χ2n) is 6.27. The number of carbonyl (C=O) groups excluding carboxylic acids is 1. The first-order chi connectivity index (χ1) is 13.8. The number of H-pyrrole nitrogens is 1. The van der Waals surface area contributed by atoms with E-state index in [0.29, 0.717) is 21.7 Å². The third-order valence-corrected chi connectivity index (χ3v) is 4.83. The van der Waals surface area contributed by atoms with Crippen LogP contribution in [0.25, 0.3) is 0 Å². The molecule has 3 aromatic rings. The maximum Gasteiger partial charge on any atom is 0.272 e. The summed E-state index contributed by atoms with van der Waals surface area (Å²) in [4.78, 5) is 19.2. The molecule has 9 heteroatoms. The Hall–Kier alpha value is -2.89. The Kier molecular flexibility index (Phi) is 6.20. The molecule has 0 radical (unpaired) electrons. The third-order valence-electron chi connectivity index (χ3n) is 3.96. The second kappa shape index (κ2) is 8.64. The molecule has 3 rings (SSSR count). The number of imidazole rings is 1. The Morgan fingerprint density at radius 2 is 2.14 bits per heavy atom. The number of amides is 1. The molecule has 6 nitrogen and oxygen atoms in total. The van der Waals surface area contributed by atoms with Gasteiger partial charge in [0.05, 0.1) is 16.7 Å². The van der Waals surface area contributed by atoms with Crippen LogP contribution in [-0.2, 0) is 6.54 Å². The molecule has 1 aromatic heterocycles. The molecule has 148 valence electrons. The molecule has 2 aromatic carbocycles. The fourth-order valence-electron chi connectivity index (χ4n) is 2.67. The number of hydrogen-bond donors (Lipinski definition) is 2. The highest BCUT2D eigenvalue weighted by Gasteiger charge is 2.18. The van der Waals surface area contributed by atoms with Crippen molar-refractivity contribution in [3.8, 4) is 17.6 Å². The Labute approximate surface area is 179 Å². The van der Waals surface area contributed by atoms with Gasteiger partial charge >= 0.3 is 0 Å². The summed E-state index contributed by atoms with van der Waals surface area (Å²) in [5, 5.41) is 11.8. The zero-order valence-electron chi connectivity index (χ0n) is 15.4. The van der Waals surface area contributed by atoms with Gasteiger partial charge in [-0.2, -0.15) is 5.26 Å². The first kappa shape index (κ1) is 20.8. The number of aryl methyl sites for hydroxylation is 2. The monoisotopic (exact) mass is 476 g/mol. The maximum absolute atomic E-state index is 15.0. The SMILES string of the molecule is Cc1cc(C#N)cc(Oc2c(Cl)ccc(CNC(=O)c3nc(C)[nH]c3Br)c2F)c1. The number of rotatable bonds is 5. The van der Waals surface area contributed by atoms with Gasteiger partial charge < -0.3 is 15.0 Å². The lowest BCUT2D eigenvalue weighted by molar-refractivity contribution is 0.0945. The zero-order valence-corrected chi connectivity index (χ0v) is 17.8. The molecule has 0 fully saturated rings. The molecule has 0 aliphatic heterocycles. The van der Waals surface area contributed by atoms with Crippen LogP contribution in [0.15, 0.2) is 34.9 Å². The summed E-state index contributed by atoms with van der Waals surface area (Å²) in [6, 6.07) is 9.82. The van der Waals surface area contributed by atoms with Crippen LogP contribution in [-0.4, -0.2) is 15.9 Å². The fourth-order valence-corrected chi connectivity index (χ4v) is 3.41. The number of halogens is 3. The summed E-state index contributed by atoms with van der Waals surface area (Å²) in [5.74, 6) is -0.472. The van der Waals surface area contributed by atoms with Crippen molar-refractivity contribution in [2.45, 2.75) is 20.4 Å². The van der Waals surface area contributed by atoms with Crippen molar-refractivity contribution in [1.29, 1.82) is 5.26 Å². The Balaban J connectivity index is 1.82. The van der Waals surface area contributed by atoms with Gasteiger partial charge in [-0.1, -0.05) is 17.7 Å². The Bertz CT molecular complexity index is 1140. The van der Waals surface area contributed by atoms with E-state index in [1.807, 2.05) is 6.07 Å². The van der Waals surface area contributed by atoms with Gasteiger partial charge in [-0.25, -0.2) is 9.37 Å². The number of nitrogens with zero attached hydrogens (tertiary/aromatic N) is 2. The molecule has 0 atom stereocenters. The van der Waals surface area contributed by atoms with Crippen LogP contribution in [0, 0.1) is 31.0 Å². The van der Waals surface area contributed by atoms with E-state index < -0.39 is 11.7 Å². The molecule has 1 amide bonds. The standard InChI is InChI=1S/C20H15BrClFN4O2/c1-10-5-12(8-24)7-14(6-10)29-18-15(22)4-3-13(16(18)23)9-25-20(28)17-19(21)27-11(2)26-17/h3-7H,9H2,1-2H3,(H,25,28)(H,26,27). The molecule has 29 heavy (non-hydrogen) atoms. The number of aromatic nitrogens is 2. The zero-order chi connectivity index (χ0) is 21.1. The van der Waals surface area contributed by atoms with Crippen LogP contribution in [0.5, 0.6) is 11.5 Å². The van der Waals surface area contributed by atoms with E-state index in [0.717, 1.165) is 5.56 Å². The molecule has 1 heterocycles. The largest absolute Gasteiger partial charge is 0.453 e. The van der Waals surface area contributed by atoms with Crippen LogP contribution in [0.3, 0.4) is 0 Å². The van der Waals surface area contributed by atoms with E-state index in [2.05, 4.69) is 31.2 Å². The van der Waals surface area contributed by atoms with Crippen molar-refractivity contribution in [1.82, 2.24) is 15.3 Å². The van der Waals surface area contributed by atoms with Gasteiger partial charge in [0.15, 0.2) is 17.3 Å². The predicted molar refractivity (Wildman–Crippen MR) is 110 cm³/mol. The number of aromatic amines is 1. The number of nitrogens with one attached hydrogen (secondary N) is 2. The lowest BCUT2D eigenvalue weighted by Gasteiger charge is -2.13. The van der Waals surface area contributed by atoms with Crippen LogP contribution < -0.4 is 10.1 Å².